The molecule has 0 spiro atoms. The summed E-state index contributed by atoms with van der Waals surface area (Å²) in [5.41, 5.74) is 2.06. The Bertz CT molecular complexity index is 890. The Kier molecular flexibility index (Phi) is 5.41. The smallest absolute Gasteiger partial charge is 0.238 e. The first-order valence-electron chi connectivity index (χ1n) is 10.3. The van der Waals surface area contributed by atoms with E-state index in [-0.39, 0.29) is 24.3 Å². The highest BCUT2D eigenvalue weighted by Gasteiger charge is 2.51. The molecular formula is C24H28N2O3. The number of methoxy groups -OCH3 is 1. The second-order valence-electron chi connectivity index (χ2n) is 8.12. The van der Waals surface area contributed by atoms with Crippen LogP contribution in [-0.4, -0.2) is 50.1 Å². The number of hydrogen-bond donors (Lipinski definition) is 0. The van der Waals surface area contributed by atoms with Crippen molar-refractivity contribution in [2.45, 2.75) is 37.2 Å². The molecule has 0 N–H and O–H groups in total. The topological polar surface area (TPSA) is 49.9 Å². The van der Waals surface area contributed by atoms with E-state index in [0.717, 1.165) is 29.7 Å². The summed E-state index contributed by atoms with van der Waals surface area (Å²) < 4.78 is 5.43. The number of benzene rings is 2. The molecule has 4 rings (SSSR count). The van der Waals surface area contributed by atoms with Gasteiger partial charge in [-0.2, -0.15) is 0 Å². The molecule has 2 heterocycles. The molecule has 5 nitrogen and oxygen atoms in total. The number of hydrogen-bond acceptors (Lipinski definition) is 3. The summed E-state index contributed by atoms with van der Waals surface area (Å²) in [6, 6.07) is 17.9. The number of carbonyl (C=O) groups excluding carboxylic acids is 2. The molecule has 152 valence electrons. The van der Waals surface area contributed by atoms with Crippen molar-refractivity contribution >= 4 is 17.5 Å². The van der Waals surface area contributed by atoms with Gasteiger partial charge in [0.25, 0.3) is 0 Å². The summed E-state index contributed by atoms with van der Waals surface area (Å²) in [4.78, 5) is 30.5. The van der Waals surface area contributed by atoms with Gasteiger partial charge in [-0.3, -0.25) is 9.59 Å². The van der Waals surface area contributed by atoms with Crippen molar-refractivity contribution in [3.63, 3.8) is 0 Å². The summed E-state index contributed by atoms with van der Waals surface area (Å²) in [7, 11) is 3.53. The first-order valence-corrected chi connectivity index (χ1v) is 10.3. The number of amides is 2. The van der Waals surface area contributed by atoms with E-state index in [1.54, 1.807) is 12.0 Å². The highest BCUT2D eigenvalue weighted by Crippen LogP contribution is 2.45. The van der Waals surface area contributed by atoms with Gasteiger partial charge in [0.1, 0.15) is 0 Å². The SMILES string of the molecule is COC1CCN(C(=O)CC2(Cc3ccccc3)C(=O)N(C)c3ccccc32)CC1. The third-order valence-corrected chi connectivity index (χ3v) is 6.42. The molecule has 1 saturated heterocycles. The first-order chi connectivity index (χ1) is 14.0. The first kappa shape index (κ1) is 19.6. The zero-order valence-corrected chi connectivity index (χ0v) is 17.1. The van der Waals surface area contributed by atoms with Crippen molar-refractivity contribution in [1.82, 2.24) is 4.90 Å². The molecule has 2 aliphatic heterocycles. The van der Waals surface area contributed by atoms with Gasteiger partial charge >= 0.3 is 0 Å². The number of likely N-dealkylation sites (N-methyl/N-ethyl adjacent to an activating group) is 1. The van der Waals surface area contributed by atoms with Gasteiger partial charge in [0.05, 0.1) is 11.5 Å². The molecule has 2 aromatic rings. The maximum atomic E-state index is 13.5. The molecule has 1 unspecified atom stereocenters. The maximum Gasteiger partial charge on any atom is 0.238 e. The molecule has 29 heavy (non-hydrogen) atoms. The summed E-state index contributed by atoms with van der Waals surface area (Å²) in [6.45, 7) is 1.37. The van der Waals surface area contributed by atoms with Gasteiger partial charge in [-0.1, -0.05) is 48.5 Å². The molecule has 2 amide bonds. The van der Waals surface area contributed by atoms with Gasteiger partial charge in [-0.05, 0) is 36.5 Å². The summed E-state index contributed by atoms with van der Waals surface area (Å²) >= 11 is 0. The predicted octanol–water partition coefficient (Wildman–Crippen LogP) is 3.17. The zero-order valence-electron chi connectivity index (χ0n) is 17.1. The van der Waals surface area contributed by atoms with Crippen molar-refractivity contribution in [2.24, 2.45) is 0 Å². The summed E-state index contributed by atoms with van der Waals surface area (Å²) in [6.07, 6.45) is 2.63. The number of anilines is 1. The van der Waals surface area contributed by atoms with Gasteiger partial charge in [-0.25, -0.2) is 0 Å². The summed E-state index contributed by atoms with van der Waals surface area (Å²) in [5, 5.41) is 0. The third kappa shape index (κ3) is 3.55. The summed E-state index contributed by atoms with van der Waals surface area (Å²) in [5.74, 6) is 0.0524. The minimum atomic E-state index is -0.859. The molecule has 5 heteroatoms. The van der Waals surface area contributed by atoms with E-state index in [4.69, 9.17) is 4.74 Å². The average Bonchev–Trinajstić information content (AvgIpc) is 2.97. The number of piperidine rings is 1. The normalized spacial score (nSPS) is 22.1. The maximum absolute atomic E-state index is 13.5. The Morgan fingerprint density at radius 3 is 2.41 bits per heavy atom. The van der Waals surface area contributed by atoms with Crippen LogP contribution in [0, 0.1) is 0 Å². The van der Waals surface area contributed by atoms with Crippen molar-refractivity contribution in [3.05, 3.63) is 65.7 Å². The van der Waals surface area contributed by atoms with Crippen LogP contribution in [0.5, 0.6) is 0 Å². The monoisotopic (exact) mass is 392 g/mol. The highest BCUT2D eigenvalue weighted by molar-refractivity contribution is 6.09. The van der Waals surface area contributed by atoms with E-state index in [0.29, 0.717) is 19.5 Å². The highest BCUT2D eigenvalue weighted by atomic mass is 16.5. The van der Waals surface area contributed by atoms with Crippen LogP contribution in [0.4, 0.5) is 5.69 Å². The van der Waals surface area contributed by atoms with Gasteiger partial charge in [0, 0.05) is 39.4 Å². The number of para-hydroxylation sites is 1. The van der Waals surface area contributed by atoms with E-state index >= 15 is 0 Å². The van der Waals surface area contributed by atoms with Crippen LogP contribution in [0.1, 0.15) is 30.4 Å². The molecule has 1 atom stereocenters. The molecule has 0 aliphatic carbocycles. The molecule has 0 aromatic heterocycles. The number of ether oxygens (including phenoxy) is 1. The van der Waals surface area contributed by atoms with Gasteiger partial charge in [0.15, 0.2) is 0 Å². The Morgan fingerprint density at radius 2 is 1.72 bits per heavy atom. The average molecular weight is 392 g/mol. The number of nitrogens with zero attached hydrogens (tertiary/aromatic N) is 2. The van der Waals surface area contributed by atoms with E-state index in [9.17, 15) is 9.59 Å². The van der Waals surface area contributed by atoms with E-state index in [2.05, 4.69) is 0 Å². The van der Waals surface area contributed by atoms with Gasteiger partial charge in [-0.15, -0.1) is 0 Å². The van der Waals surface area contributed by atoms with Crippen molar-refractivity contribution in [1.29, 1.82) is 0 Å². The lowest BCUT2D eigenvalue weighted by atomic mass is 9.73. The number of fused-ring (bicyclic) bond motifs is 1. The van der Waals surface area contributed by atoms with Crippen LogP contribution in [0.15, 0.2) is 54.6 Å². The molecular weight excluding hydrogens is 364 g/mol. The fourth-order valence-corrected chi connectivity index (χ4v) is 4.78. The lowest BCUT2D eigenvalue weighted by Gasteiger charge is -2.35. The second-order valence-corrected chi connectivity index (χ2v) is 8.12. The minimum Gasteiger partial charge on any atom is -0.381 e. The van der Waals surface area contributed by atoms with Crippen LogP contribution in [0.3, 0.4) is 0 Å². The van der Waals surface area contributed by atoms with E-state index in [1.807, 2.05) is 66.5 Å². The quantitative estimate of drug-likeness (QED) is 0.785. The van der Waals surface area contributed by atoms with E-state index < -0.39 is 5.41 Å². The fraction of sp³-hybridized carbons (Fsp3) is 0.417. The molecule has 2 aliphatic rings. The minimum absolute atomic E-state index is 0.00248. The van der Waals surface area contributed by atoms with Crippen LogP contribution < -0.4 is 4.90 Å². The standard InChI is InChI=1S/C24H28N2O3/c1-25-21-11-7-6-10-20(21)24(23(25)28,16-18-8-4-3-5-9-18)17-22(27)26-14-12-19(29-2)13-15-26/h3-11,19H,12-17H2,1-2H3. The van der Waals surface area contributed by atoms with Crippen LogP contribution in [0.25, 0.3) is 0 Å². The van der Waals surface area contributed by atoms with Crippen molar-refractivity contribution in [3.8, 4) is 0 Å². The molecule has 1 fully saturated rings. The van der Waals surface area contributed by atoms with Crippen LogP contribution >= 0.6 is 0 Å². The van der Waals surface area contributed by atoms with Crippen LogP contribution in [0.2, 0.25) is 0 Å². The van der Waals surface area contributed by atoms with Gasteiger partial charge in [0.2, 0.25) is 11.8 Å². The van der Waals surface area contributed by atoms with Crippen molar-refractivity contribution < 1.29 is 14.3 Å². The molecule has 2 aromatic carbocycles. The Morgan fingerprint density at radius 1 is 1.07 bits per heavy atom. The fourth-order valence-electron chi connectivity index (χ4n) is 4.78. The zero-order chi connectivity index (χ0) is 20.4. The number of rotatable bonds is 5. The lowest BCUT2D eigenvalue weighted by molar-refractivity contribution is -0.138. The second kappa shape index (κ2) is 7.99. The molecule has 0 radical (unpaired) electrons. The number of carbonyl (C=O) groups is 2. The van der Waals surface area contributed by atoms with Crippen molar-refractivity contribution in [2.75, 3.05) is 32.1 Å². The Labute approximate surface area is 172 Å². The van der Waals surface area contributed by atoms with Gasteiger partial charge < -0.3 is 14.5 Å². The molecule has 0 bridgehead atoms. The van der Waals surface area contributed by atoms with Crippen LogP contribution in [-0.2, 0) is 26.2 Å². The predicted molar refractivity (Wildman–Crippen MR) is 113 cm³/mol. The largest absolute Gasteiger partial charge is 0.381 e. The number of likely N-dealkylation sites (tertiary alicyclic amines) is 1. The Hall–Kier alpha value is -2.66. The third-order valence-electron chi connectivity index (χ3n) is 6.42. The Balaban J connectivity index is 1.67. The molecule has 0 saturated carbocycles. The lowest BCUT2D eigenvalue weighted by Crippen LogP contribution is -2.47. The van der Waals surface area contributed by atoms with E-state index in [1.165, 1.54) is 0 Å².